The highest BCUT2D eigenvalue weighted by atomic mass is 35.5. The Morgan fingerprint density at radius 3 is 3.05 bits per heavy atom. The first-order valence-corrected chi connectivity index (χ1v) is 7.15. The Morgan fingerprint density at radius 1 is 1.48 bits per heavy atom. The molecule has 0 spiro atoms. The number of carbonyl (C=O) groups excluding carboxylic acids is 1. The molecule has 2 N–H and O–H groups in total. The summed E-state index contributed by atoms with van der Waals surface area (Å²) in [6, 6.07) is 5.25. The number of aromatic nitrogens is 2. The largest absolute Gasteiger partial charge is 0.406 e. The van der Waals surface area contributed by atoms with Crippen LogP contribution in [-0.4, -0.2) is 22.6 Å². The van der Waals surface area contributed by atoms with Crippen molar-refractivity contribution >= 4 is 23.5 Å². The Morgan fingerprint density at radius 2 is 2.33 bits per heavy atom. The summed E-state index contributed by atoms with van der Waals surface area (Å²) >= 11 is 5.94. The van der Waals surface area contributed by atoms with Gasteiger partial charge in [-0.2, -0.15) is 0 Å². The summed E-state index contributed by atoms with van der Waals surface area (Å²) < 4.78 is 5.47. The average molecular weight is 307 g/mol. The van der Waals surface area contributed by atoms with Crippen LogP contribution in [0.4, 0.5) is 6.01 Å². The number of anilines is 1. The van der Waals surface area contributed by atoms with E-state index in [1.54, 1.807) is 18.2 Å². The lowest BCUT2D eigenvalue weighted by atomic mass is 10.1. The molecule has 1 unspecified atom stereocenters. The van der Waals surface area contributed by atoms with Crippen LogP contribution in [0.5, 0.6) is 0 Å². The van der Waals surface area contributed by atoms with Crippen molar-refractivity contribution in [3.8, 4) is 0 Å². The van der Waals surface area contributed by atoms with Gasteiger partial charge in [0.1, 0.15) is 0 Å². The van der Waals surface area contributed by atoms with Gasteiger partial charge in [-0.1, -0.05) is 16.7 Å². The topological polar surface area (TPSA) is 80.0 Å². The van der Waals surface area contributed by atoms with Crippen molar-refractivity contribution in [2.24, 2.45) is 0 Å². The Bertz CT molecular complexity index is 665. The Kier molecular flexibility index (Phi) is 3.90. The quantitative estimate of drug-likeness (QED) is 0.911. The van der Waals surface area contributed by atoms with Gasteiger partial charge >= 0.3 is 6.01 Å². The number of aryl methyl sites for hydroxylation is 1. The maximum Gasteiger partial charge on any atom is 0.322 e. The first-order valence-electron chi connectivity index (χ1n) is 6.78. The molecule has 0 bridgehead atoms. The molecule has 1 fully saturated rings. The molecule has 0 radical (unpaired) electrons. The van der Waals surface area contributed by atoms with E-state index in [-0.39, 0.29) is 18.0 Å². The smallest absolute Gasteiger partial charge is 0.322 e. The maximum atomic E-state index is 12.1. The molecule has 2 heterocycles. The summed E-state index contributed by atoms with van der Waals surface area (Å²) in [6.45, 7) is 2.79. The second-order valence-corrected chi connectivity index (χ2v) is 5.42. The van der Waals surface area contributed by atoms with E-state index in [1.165, 1.54) is 0 Å². The molecule has 1 aliphatic rings. The summed E-state index contributed by atoms with van der Waals surface area (Å²) in [5.74, 6) is 0.208. The highest BCUT2D eigenvalue weighted by Gasteiger charge is 2.22. The highest BCUT2D eigenvalue weighted by Crippen LogP contribution is 2.23. The molecule has 2 aromatic rings. The van der Waals surface area contributed by atoms with Gasteiger partial charge < -0.3 is 9.73 Å². The van der Waals surface area contributed by atoms with E-state index in [1.807, 2.05) is 6.92 Å². The predicted molar refractivity (Wildman–Crippen MR) is 78.4 cm³/mol. The zero-order chi connectivity index (χ0) is 14.8. The summed E-state index contributed by atoms with van der Waals surface area (Å²) in [4.78, 5) is 12.1. The molecule has 1 saturated heterocycles. The molecule has 1 aliphatic heterocycles. The zero-order valence-corrected chi connectivity index (χ0v) is 12.3. The maximum absolute atomic E-state index is 12.1. The highest BCUT2D eigenvalue weighted by molar-refractivity contribution is 6.31. The van der Waals surface area contributed by atoms with Crippen LogP contribution >= 0.6 is 11.6 Å². The Balaban J connectivity index is 1.70. The van der Waals surface area contributed by atoms with Crippen LogP contribution in [0, 0.1) is 6.92 Å². The summed E-state index contributed by atoms with van der Waals surface area (Å²) in [5.41, 5.74) is 1.33. The zero-order valence-electron chi connectivity index (χ0n) is 11.5. The van der Waals surface area contributed by atoms with Crippen LogP contribution < -0.4 is 10.6 Å². The number of carbonyl (C=O) groups is 1. The van der Waals surface area contributed by atoms with Crippen LogP contribution in [0.2, 0.25) is 5.02 Å². The standard InChI is InChI=1S/C14H15ClN4O2/c1-8-7-9(4-5-10(8)15)12(20)17-14-19-18-13(21-14)11-3-2-6-16-11/h4-5,7,11,16H,2-3,6H2,1H3,(H,17,19,20). The second kappa shape index (κ2) is 5.83. The molecule has 1 aromatic carbocycles. The lowest BCUT2D eigenvalue weighted by Crippen LogP contribution is -2.13. The first kappa shape index (κ1) is 14.0. The number of rotatable bonds is 3. The lowest BCUT2D eigenvalue weighted by Gasteiger charge is -2.04. The fraction of sp³-hybridized carbons (Fsp3) is 0.357. The summed E-state index contributed by atoms with van der Waals surface area (Å²) in [6.07, 6.45) is 2.05. The van der Waals surface area contributed by atoms with Crippen molar-refractivity contribution in [1.82, 2.24) is 15.5 Å². The molecule has 1 aromatic heterocycles. The van der Waals surface area contributed by atoms with Crippen molar-refractivity contribution < 1.29 is 9.21 Å². The van der Waals surface area contributed by atoms with Crippen LogP contribution in [0.3, 0.4) is 0 Å². The number of nitrogens with one attached hydrogen (secondary N) is 2. The molecule has 3 rings (SSSR count). The number of nitrogens with zero attached hydrogens (tertiary/aromatic N) is 2. The molecule has 6 nitrogen and oxygen atoms in total. The third kappa shape index (κ3) is 3.06. The average Bonchev–Trinajstić information content (AvgIpc) is 3.12. The number of hydrogen-bond acceptors (Lipinski definition) is 5. The summed E-state index contributed by atoms with van der Waals surface area (Å²) in [7, 11) is 0. The van der Waals surface area contributed by atoms with Gasteiger partial charge in [0, 0.05) is 10.6 Å². The van der Waals surface area contributed by atoms with Crippen LogP contribution in [-0.2, 0) is 0 Å². The third-order valence-electron chi connectivity index (χ3n) is 3.44. The van der Waals surface area contributed by atoms with Crippen LogP contribution in [0.25, 0.3) is 0 Å². The van der Waals surface area contributed by atoms with Crippen LogP contribution in [0.15, 0.2) is 22.6 Å². The second-order valence-electron chi connectivity index (χ2n) is 5.01. The van der Waals surface area contributed by atoms with E-state index in [2.05, 4.69) is 20.8 Å². The van der Waals surface area contributed by atoms with Gasteiger partial charge in [-0.25, -0.2) is 0 Å². The monoisotopic (exact) mass is 306 g/mol. The lowest BCUT2D eigenvalue weighted by molar-refractivity contribution is 0.102. The molecule has 21 heavy (non-hydrogen) atoms. The van der Waals surface area contributed by atoms with Gasteiger partial charge in [0.15, 0.2) is 0 Å². The molecule has 110 valence electrons. The predicted octanol–water partition coefficient (Wildman–Crippen LogP) is 2.71. The van der Waals surface area contributed by atoms with E-state index in [4.69, 9.17) is 16.0 Å². The van der Waals surface area contributed by atoms with Gasteiger partial charge in [-0.15, -0.1) is 5.10 Å². The third-order valence-corrected chi connectivity index (χ3v) is 3.86. The number of benzene rings is 1. The van der Waals surface area contributed by atoms with E-state index in [9.17, 15) is 4.79 Å². The van der Waals surface area contributed by atoms with Gasteiger partial charge in [0.05, 0.1) is 6.04 Å². The van der Waals surface area contributed by atoms with E-state index in [0.717, 1.165) is 24.9 Å². The Labute approximate surface area is 126 Å². The number of halogens is 1. The molecule has 1 atom stereocenters. The fourth-order valence-electron chi connectivity index (χ4n) is 2.28. The first-order chi connectivity index (χ1) is 10.1. The molecular weight excluding hydrogens is 292 g/mol. The van der Waals surface area contributed by atoms with Crippen molar-refractivity contribution in [3.63, 3.8) is 0 Å². The van der Waals surface area contributed by atoms with Crippen molar-refractivity contribution in [3.05, 3.63) is 40.2 Å². The van der Waals surface area contributed by atoms with Gasteiger partial charge in [-0.3, -0.25) is 10.1 Å². The number of amides is 1. The van der Waals surface area contributed by atoms with Gasteiger partial charge in [0.2, 0.25) is 5.89 Å². The molecule has 0 aliphatic carbocycles. The fourth-order valence-corrected chi connectivity index (χ4v) is 2.39. The minimum atomic E-state index is -0.302. The normalized spacial score (nSPS) is 17.9. The molecule has 1 amide bonds. The molecular formula is C14H15ClN4O2. The number of hydrogen-bond donors (Lipinski definition) is 2. The van der Waals surface area contributed by atoms with E-state index >= 15 is 0 Å². The Hall–Kier alpha value is -1.92. The minimum absolute atomic E-state index is 0.0842. The van der Waals surface area contributed by atoms with Gasteiger partial charge in [-0.05, 0) is 50.1 Å². The minimum Gasteiger partial charge on any atom is -0.406 e. The summed E-state index contributed by atoms with van der Waals surface area (Å²) in [5, 5.41) is 14.3. The van der Waals surface area contributed by atoms with Crippen molar-refractivity contribution in [2.75, 3.05) is 11.9 Å². The van der Waals surface area contributed by atoms with Crippen molar-refractivity contribution in [1.29, 1.82) is 0 Å². The molecule has 7 heteroatoms. The van der Waals surface area contributed by atoms with Crippen LogP contribution in [0.1, 0.15) is 40.7 Å². The molecule has 0 saturated carbocycles. The SMILES string of the molecule is Cc1cc(C(=O)Nc2nnc(C3CCCN3)o2)ccc1Cl. The van der Waals surface area contributed by atoms with E-state index < -0.39 is 0 Å². The van der Waals surface area contributed by atoms with Gasteiger partial charge in [0.25, 0.3) is 5.91 Å². The van der Waals surface area contributed by atoms with Crippen molar-refractivity contribution in [2.45, 2.75) is 25.8 Å². The van der Waals surface area contributed by atoms with E-state index in [0.29, 0.717) is 16.5 Å².